The van der Waals surface area contributed by atoms with Gasteiger partial charge in [0.1, 0.15) is 11.5 Å². The number of hydrogen-bond donors (Lipinski definition) is 2. The van der Waals surface area contributed by atoms with E-state index in [1.807, 2.05) is 0 Å². The van der Waals surface area contributed by atoms with E-state index in [1.165, 1.54) is 18.9 Å². The number of aromatic nitrogens is 3. The highest BCUT2D eigenvalue weighted by molar-refractivity contribution is 7.99. The van der Waals surface area contributed by atoms with Crippen LogP contribution in [0.25, 0.3) is 11.4 Å². The number of H-pyrrole nitrogens is 1. The number of methoxy groups -OCH3 is 2. The molecule has 3 aromatic rings. The predicted octanol–water partition coefficient (Wildman–Crippen LogP) is 4.53. The molecule has 3 rings (SSSR count). The quantitative estimate of drug-likeness (QED) is 0.526. The zero-order valence-electron chi connectivity index (χ0n) is 15.0. The van der Waals surface area contributed by atoms with Gasteiger partial charge in [-0.05, 0) is 36.4 Å². The maximum absolute atomic E-state index is 12.3. The number of nitrogens with one attached hydrogen (secondary N) is 2. The van der Waals surface area contributed by atoms with E-state index in [0.29, 0.717) is 43.8 Å². The molecule has 0 saturated carbocycles. The zero-order chi connectivity index (χ0) is 20.1. The van der Waals surface area contributed by atoms with Crippen molar-refractivity contribution in [3.8, 4) is 22.9 Å². The molecule has 0 bridgehead atoms. The molecule has 1 aromatic heterocycles. The number of anilines is 1. The molecule has 2 aromatic carbocycles. The Bertz CT molecular complexity index is 997. The Hall–Kier alpha value is -2.42. The lowest BCUT2D eigenvalue weighted by Gasteiger charge is -2.09. The molecule has 0 unspecified atom stereocenters. The minimum atomic E-state index is -0.239. The van der Waals surface area contributed by atoms with Gasteiger partial charge in [0.15, 0.2) is 5.82 Å². The van der Waals surface area contributed by atoms with Crippen LogP contribution in [0.2, 0.25) is 10.0 Å². The average Bonchev–Trinajstić information content (AvgIpc) is 3.15. The third kappa shape index (κ3) is 4.89. The Labute approximate surface area is 175 Å². The Morgan fingerprint density at radius 2 is 1.79 bits per heavy atom. The largest absolute Gasteiger partial charge is 0.496 e. The van der Waals surface area contributed by atoms with E-state index in [4.69, 9.17) is 32.7 Å². The second-order valence-electron chi connectivity index (χ2n) is 5.49. The summed E-state index contributed by atoms with van der Waals surface area (Å²) in [5.41, 5.74) is 1.18. The molecule has 10 heteroatoms. The fourth-order valence-electron chi connectivity index (χ4n) is 2.39. The van der Waals surface area contributed by atoms with E-state index in [9.17, 15) is 4.79 Å². The molecule has 0 atom stereocenters. The van der Waals surface area contributed by atoms with Crippen LogP contribution in [0.3, 0.4) is 0 Å². The molecule has 146 valence electrons. The molecule has 0 fully saturated rings. The lowest BCUT2D eigenvalue weighted by Crippen LogP contribution is -2.14. The van der Waals surface area contributed by atoms with E-state index in [0.717, 1.165) is 0 Å². The highest BCUT2D eigenvalue weighted by atomic mass is 35.5. The normalized spacial score (nSPS) is 10.6. The summed E-state index contributed by atoms with van der Waals surface area (Å²) in [6, 6.07) is 10.2. The van der Waals surface area contributed by atoms with Crippen LogP contribution in [0.15, 0.2) is 41.6 Å². The zero-order valence-corrected chi connectivity index (χ0v) is 17.3. The number of nitrogens with zero attached hydrogens (tertiary/aromatic N) is 2. The van der Waals surface area contributed by atoms with Crippen molar-refractivity contribution < 1.29 is 14.3 Å². The summed E-state index contributed by atoms with van der Waals surface area (Å²) in [7, 11) is 3.08. The Balaban J connectivity index is 1.66. The van der Waals surface area contributed by atoms with Gasteiger partial charge in [-0.3, -0.25) is 9.89 Å². The van der Waals surface area contributed by atoms with Gasteiger partial charge in [0.25, 0.3) is 0 Å². The van der Waals surface area contributed by atoms with Crippen LogP contribution in [-0.4, -0.2) is 41.1 Å². The van der Waals surface area contributed by atoms with Crippen LogP contribution < -0.4 is 14.8 Å². The predicted molar refractivity (Wildman–Crippen MR) is 111 cm³/mol. The third-order valence-electron chi connectivity index (χ3n) is 3.65. The van der Waals surface area contributed by atoms with Crippen molar-refractivity contribution in [1.82, 2.24) is 15.2 Å². The molecule has 1 amide bonds. The summed E-state index contributed by atoms with van der Waals surface area (Å²) in [5, 5.41) is 11.2. The lowest BCUT2D eigenvalue weighted by atomic mass is 10.2. The first-order valence-corrected chi connectivity index (χ1v) is 9.77. The summed E-state index contributed by atoms with van der Waals surface area (Å²) in [6.45, 7) is 0. The van der Waals surface area contributed by atoms with Crippen LogP contribution in [0.4, 0.5) is 5.69 Å². The molecule has 0 spiro atoms. The topological polar surface area (TPSA) is 89.1 Å². The van der Waals surface area contributed by atoms with E-state index in [1.54, 1.807) is 43.5 Å². The monoisotopic (exact) mass is 438 g/mol. The van der Waals surface area contributed by atoms with Crippen molar-refractivity contribution in [2.75, 3.05) is 25.3 Å². The number of carbonyl (C=O) groups excluding carboxylic acids is 1. The fourth-order valence-corrected chi connectivity index (χ4v) is 3.33. The van der Waals surface area contributed by atoms with Crippen LogP contribution >= 0.6 is 35.0 Å². The van der Waals surface area contributed by atoms with Gasteiger partial charge < -0.3 is 14.8 Å². The molecule has 1 heterocycles. The first kappa shape index (κ1) is 20.3. The lowest BCUT2D eigenvalue weighted by molar-refractivity contribution is -0.113. The van der Waals surface area contributed by atoms with E-state index in [-0.39, 0.29) is 11.7 Å². The molecule has 2 N–H and O–H groups in total. The molecule has 0 aliphatic heterocycles. The summed E-state index contributed by atoms with van der Waals surface area (Å²) in [4.78, 5) is 16.6. The average molecular weight is 439 g/mol. The number of halogens is 2. The maximum Gasteiger partial charge on any atom is 0.234 e. The van der Waals surface area contributed by atoms with Crippen molar-refractivity contribution in [3.05, 3.63) is 46.4 Å². The second kappa shape index (κ2) is 9.18. The highest BCUT2D eigenvalue weighted by Gasteiger charge is 2.14. The van der Waals surface area contributed by atoms with E-state index < -0.39 is 0 Å². The number of amides is 1. The Morgan fingerprint density at radius 3 is 2.50 bits per heavy atom. The summed E-state index contributed by atoms with van der Waals surface area (Å²) in [6.07, 6.45) is 0. The number of thioether (sulfide) groups is 1. The number of carbonyl (C=O) groups is 1. The van der Waals surface area contributed by atoms with Gasteiger partial charge in [-0.15, -0.1) is 5.10 Å². The first-order chi connectivity index (χ1) is 13.5. The van der Waals surface area contributed by atoms with Crippen molar-refractivity contribution in [3.63, 3.8) is 0 Å². The second-order valence-corrected chi connectivity index (χ2v) is 7.31. The number of benzene rings is 2. The van der Waals surface area contributed by atoms with Crippen molar-refractivity contribution in [2.24, 2.45) is 0 Å². The number of hydrogen-bond acceptors (Lipinski definition) is 6. The standard InChI is InChI=1S/C18H16Cl2N4O3S/c1-26-14-5-3-10(19)7-12(14)17-22-18(24-23-17)28-9-16(25)21-13-8-11(20)4-6-15(13)27-2/h3-8H,9H2,1-2H3,(H,21,25)(H,22,23,24). The van der Waals surface area contributed by atoms with Crippen molar-refractivity contribution in [1.29, 1.82) is 0 Å². The van der Waals surface area contributed by atoms with Gasteiger partial charge in [-0.1, -0.05) is 35.0 Å². The molecule has 7 nitrogen and oxygen atoms in total. The van der Waals surface area contributed by atoms with E-state index >= 15 is 0 Å². The maximum atomic E-state index is 12.3. The van der Waals surface area contributed by atoms with Gasteiger partial charge >= 0.3 is 0 Å². The fraction of sp³-hybridized carbons (Fsp3) is 0.167. The third-order valence-corrected chi connectivity index (χ3v) is 4.97. The molecular formula is C18H16Cl2N4O3S. The first-order valence-electron chi connectivity index (χ1n) is 8.02. The van der Waals surface area contributed by atoms with Gasteiger partial charge in [-0.25, -0.2) is 4.98 Å². The highest BCUT2D eigenvalue weighted by Crippen LogP contribution is 2.31. The van der Waals surface area contributed by atoms with Crippen LogP contribution in [0, 0.1) is 0 Å². The summed E-state index contributed by atoms with van der Waals surface area (Å²) < 4.78 is 10.5. The minimum absolute atomic E-state index is 0.111. The van der Waals surface area contributed by atoms with Crippen LogP contribution in [-0.2, 0) is 4.79 Å². The summed E-state index contributed by atoms with van der Waals surface area (Å²) in [5.74, 6) is 1.51. The Kier molecular flexibility index (Phi) is 6.66. The van der Waals surface area contributed by atoms with Crippen LogP contribution in [0.1, 0.15) is 0 Å². The van der Waals surface area contributed by atoms with Crippen LogP contribution in [0.5, 0.6) is 11.5 Å². The van der Waals surface area contributed by atoms with Gasteiger partial charge in [0.05, 0.1) is 31.2 Å². The van der Waals surface area contributed by atoms with E-state index in [2.05, 4.69) is 20.5 Å². The number of ether oxygens (including phenoxy) is 2. The molecule has 0 saturated heterocycles. The van der Waals surface area contributed by atoms with Gasteiger partial charge in [0, 0.05) is 10.0 Å². The molecule has 0 radical (unpaired) electrons. The van der Waals surface area contributed by atoms with Crippen molar-refractivity contribution in [2.45, 2.75) is 5.16 Å². The molecule has 0 aliphatic rings. The number of aromatic amines is 1. The van der Waals surface area contributed by atoms with Gasteiger partial charge in [-0.2, -0.15) is 0 Å². The SMILES string of the molecule is COc1ccc(Cl)cc1NC(=O)CSc1n[nH]c(-c2cc(Cl)ccc2OC)n1. The molecular weight excluding hydrogens is 423 g/mol. The summed E-state index contributed by atoms with van der Waals surface area (Å²) >= 11 is 13.2. The van der Waals surface area contributed by atoms with Gasteiger partial charge in [0.2, 0.25) is 11.1 Å². The smallest absolute Gasteiger partial charge is 0.234 e. The number of rotatable bonds is 7. The molecule has 28 heavy (non-hydrogen) atoms. The molecule has 0 aliphatic carbocycles. The van der Waals surface area contributed by atoms with Crippen molar-refractivity contribution >= 4 is 46.6 Å². The minimum Gasteiger partial charge on any atom is -0.496 e. The Morgan fingerprint density at radius 1 is 1.11 bits per heavy atom.